The number of sulfonamides is 1. The standard InChI is InChI=1S/C21H32N2O4S/c1-14(2)28(25,26)23-18-10-7-17(8-11-18)21(24)22-19-9-4-15(3)20(12-19)27-13-16-5-6-16/h4,9,12,14,16-18,23H,5-8,10-11,13H2,1-3H3,(H,22,24). The molecule has 0 aliphatic heterocycles. The topological polar surface area (TPSA) is 84.5 Å². The van der Waals surface area contributed by atoms with Crippen LogP contribution in [0.25, 0.3) is 0 Å². The molecular formula is C21H32N2O4S. The second-order valence-corrected chi connectivity index (χ2v) is 10.8. The van der Waals surface area contributed by atoms with Gasteiger partial charge in [0.15, 0.2) is 0 Å². The molecule has 0 saturated heterocycles. The first-order valence-electron chi connectivity index (χ1n) is 10.3. The summed E-state index contributed by atoms with van der Waals surface area (Å²) in [6.07, 6.45) is 5.24. The number of nitrogens with one attached hydrogen (secondary N) is 2. The highest BCUT2D eigenvalue weighted by Crippen LogP contribution is 2.32. The van der Waals surface area contributed by atoms with E-state index in [1.54, 1.807) is 13.8 Å². The van der Waals surface area contributed by atoms with Gasteiger partial charge in [0.1, 0.15) is 5.75 Å². The van der Waals surface area contributed by atoms with Crippen LogP contribution >= 0.6 is 0 Å². The lowest BCUT2D eigenvalue weighted by Crippen LogP contribution is -2.42. The third-order valence-electron chi connectivity index (χ3n) is 5.68. The third kappa shape index (κ3) is 5.70. The van der Waals surface area contributed by atoms with Crippen LogP contribution in [0.3, 0.4) is 0 Å². The predicted octanol–water partition coefficient (Wildman–Crippen LogP) is 3.61. The molecule has 2 saturated carbocycles. The second kappa shape index (κ2) is 8.82. The molecule has 156 valence electrons. The van der Waals surface area contributed by atoms with E-state index in [0.29, 0.717) is 31.6 Å². The summed E-state index contributed by atoms with van der Waals surface area (Å²) in [7, 11) is -3.26. The van der Waals surface area contributed by atoms with Crippen LogP contribution in [0.15, 0.2) is 18.2 Å². The molecule has 3 rings (SSSR count). The van der Waals surface area contributed by atoms with Gasteiger partial charge in [-0.2, -0.15) is 0 Å². The lowest BCUT2D eigenvalue weighted by atomic mass is 9.86. The largest absolute Gasteiger partial charge is 0.493 e. The zero-order valence-corrected chi connectivity index (χ0v) is 17.8. The van der Waals surface area contributed by atoms with Crippen LogP contribution in [0.4, 0.5) is 5.69 Å². The SMILES string of the molecule is Cc1ccc(NC(=O)C2CCC(NS(=O)(=O)C(C)C)CC2)cc1OCC1CC1. The fraction of sp³-hybridized carbons (Fsp3) is 0.667. The minimum atomic E-state index is -3.26. The Balaban J connectivity index is 1.51. The summed E-state index contributed by atoms with van der Waals surface area (Å²) in [5.41, 5.74) is 1.82. The summed E-state index contributed by atoms with van der Waals surface area (Å²) < 4.78 is 32.7. The van der Waals surface area contributed by atoms with E-state index in [-0.39, 0.29) is 17.9 Å². The van der Waals surface area contributed by atoms with Crippen LogP contribution in [0.2, 0.25) is 0 Å². The van der Waals surface area contributed by atoms with E-state index >= 15 is 0 Å². The summed E-state index contributed by atoms with van der Waals surface area (Å²) in [4.78, 5) is 12.6. The maximum absolute atomic E-state index is 12.6. The number of anilines is 1. The molecule has 28 heavy (non-hydrogen) atoms. The van der Waals surface area contributed by atoms with E-state index in [4.69, 9.17) is 4.74 Å². The number of carbonyl (C=O) groups excluding carboxylic acids is 1. The van der Waals surface area contributed by atoms with Crippen molar-refractivity contribution in [3.8, 4) is 5.75 Å². The molecule has 0 aromatic heterocycles. The minimum absolute atomic E-state index is 0.00200. The highest BCUT2D eigenvalue weighted by molar-refractivity contribution is 7.90. The van der Waals surface area contributed by atoms with Crippen LogP contribution in [0.5, 0.6) is 5.75 Å². The van der Waals surface area contributed by atoms with Gasteiger partial charge in [-0.05, 0) is 76.8 Å². The van der Waals surface area contributed by atoms with E-state index in [9.17, 15) is 13.2 Å². The number of carbonyl (C=O) groups is 1. The summed E-state index contributed by atoms with van der Waals surface area (Å²) in [6, 6.07) is 5.70. The number of aryl methyl sites for hydroxylation is 1. The average molecular weight is 409 g/mol. The first-order chi connectivity index (χ1) is 13.2. The van der Waals surface area contributed by atoms with Crippen LogP contribution in [-0.2, 0) is 14.8 Å². The van der Waals surface area contributed by atoms with Gasteiger partial charge in [0, 0.05) is 23.7 Å². The average Bonchev–Trinajstić information content (AvgIpc) is 3.46. The molecule has 6 nitrogen and oxygen atoms in total. The first kappa shape index (κ1) is 21.1. The van der Waals surface area contributed by atoms with Crippen LogP contribution < -0.4 is 14.8 Å². The van der Waals surface area contributed by atoms with Crippen molar-refractivity contribution in [1.29, 1.82) is 0 Å². The molecule has 0 heterocycles. The Labute approximate surface area is 168 Å². The van der Waals surface area contributed by atoms with E-state index in [1.165, 1.54) is 12.8 Å². The van der Waals surface area contributed by atoms with Crippen molar-refractivity contribution in [1.82, 2.24) is 4.72 Å². The Hall–Kier alpha value is -1.60. The van der Waals surface area contributed by atoms with Gasteiger partial charge in [-0.3, -0.25) is 4.79 Å². The molecule has 2 aliphatic rings. The fourth-order valence-electron chi connectivity index (χ4n) is 3.41. The molecule has 0 spiro atoms. The number of hydrogen-bond donors (Lipinski definition) is 2. The molecule has 2 aliphatic carbocycles. The minimum Gasteiger partial charge on any atom is -0.493 e. The van der Waals surface area contributed by atoms with Crippen molar-refractivity contribution >= 4 is 21.6 Å². The Morgan fingerprint density at radius 3 is 2.43 bits per heavy atom. The Kier molecular flexibility index (Phi) is 6.65. The number of benzene rings is 1. The summed E-state index contributed by atoms with van der Waals surface area (Å²) in [5, 5.41) is 2.57. The van der Waals surface area contributed by atoms with Crippen molar-refractivity contribution < 1.29 is 17.9 Å². The van der Waals surface area contributed by atoms with E-state index in [1.807, 2.05) is 25.1 Å². The van der Waals surface area contributed by atoms with Crippen LogP contribution in [0, 0.1) is 18.8 Å². The number of ether oxygens (including phenoxy) is 1. The van der Waals surface area contributed by atoms with Crippen molar-refractivity contribution in [2.75, 3.05) is 11.9 Å². The predicted molar refractivity (Wildman–Crippen MR) is 111 cm³/mol. The zero-order chi connectivity index (χ0) is 20.3. The molecular weight excluding hydrogens is 376 g/mol. The number of amides is 1. The monoisotopic (exact) mass is 408 g/mol. The van der Waals surface area contributed by atoms with Gasteiger partial charge in [0.05, 0.1) is 11.9 Å². The van der Waals surface area contributed by atoms with Crippen molar-refractivity contribution in [2.24, 2.45) is 11.8 Å². The van der Waals surface area contributed by atoms with Crippen molar-refractivity contribution in [3.05, 3.63) is 23.8 Å². The van der Waals surface area contributed by atoms with Crippen molar-refractivity contribution in [2.45, 2.75) is 70.6 Å². The Bertz CT molecular complexity index is 795. The molecule has 0 unspecified atom stereocenters. The van der Waals surface area contributed by atoms with Gasteiger partial charge in [0.2, 0.25) is 15.9 Å². The maximum Gasteiger partial charge on any atom is 0.227 e. The van der Waals surface area contributed by atoms with Gasteiger partial charge in [-0.15, -0.1) is 0 Å². The molecule has 1 amide bonds. The molecule has 2 fully saturated rings. The lowest BCUT2D eigenvalue weighted by Gasteiger charge is -2.28. The smallest absolute Gasteiger partial charge is 0.227 e. The summed E-state index contributed by atoms with van der Waals surface area (Å²) >= 11 is 0. The highest BCUT2D eigenvalue weighted by atomic mass is 32.2. The van der Waals surface area contributed by atoms with Crippen molar-refractivity contribution in [3.63, 3.8) is 0 Å². The number of hydrogen-bond acceptors (Lipinski definition) is 4. The molecule has 0 bridgehead atoms. The number of rotatable bonds is 8. The van der Waals surface area contributed by atoms with E-state index in [0.717, 1.165) is 23.6 Å². The zero-order valence-electron chi connectivity index (χ0n) is 17.0. The summed E-state index contributed by atoms with van der Waals surface area (Å²) in [6.45, 7) is 6.10. The van der Waals surface area contributed by atoms with Crippen LogP contribution in [-0.4, -0.2) is 32.2 Å². The third-order valence-corrected chi connectivity index (χ3v) is 7.58. The Morgan fingerprint density at radius 1 is 1.14 bits per heavy atom. The highest BCUT2D eigenvalue weighted by Gasteiger charge is 2.29. The van der Waals surface area contributed by atoms with Gasteiger partial charge in [0.25, 0.3) is 0 Å². The molecule has 1 aromatic rings. The molecule has 0 radical (unpaired) electrons. The molecule has 7 heteroatoms. The maximum atomic E-state index is 12.6. The van der Waals surface area contributed by atoms with Gasteiger partial charge in [-0.1, -0.05) is 6.07 Å². The molecule has 1 aromatic carbocycles. The quantitative estimate of drug-likeness (QED) is 0.688. The second-order valence-electron chi connectivity index (χ2n) is 8.48. The normalized spacial score (nSPS) is 22.9. The summed E-state index contributed by atoms with van der Waals surface area (Å²) in [5.74, 6) is 1.43. The molecule has 2 N–H and O–H groups in total. The van der Waals surface area contributed by atoms with E-state index in [2.05, 4.69) is 10.0 Å². The van der Waals surface area contributed by atoms with Gasteiger partial charge in [-0.25, -0.2) is 13.1 Å². The fourth-order valence-corrected chi connectivity index (χ4v) is 4.38. The van der Waals surface area contributed by atoms with Gasteiger partial charge < -0.3 is 10.1 Å². The van der Waals surface area contributed by atoms with Gasteiger partial charge >= 0.3 is 0 Å². The molecule has 0 atom stereocenters. The first-order valence-corrected chi connectivity index (χ1v) is 11.8. The Morgan fingerprint density at radius 2 is 1.82 bits per heavy atom. The van der Waals surface area contributed by atoms with E-state index < -0.39 is 15.3 Å². The van der Waals surface area contributed by atoms with Crippen LogP contribution in [0.1, 0.15) is 57.9 Å². The lowest BCUT2D eigenvalue weighted by molar-refractivity contribution is -0.120.